The van der Waals surface area contributed by atoms with E-state index in [1.165, 1.54) is 24.3 Å². The second-order valence-corrected chi connectivity index (χ2v) is 5.78. The SMILES string of the molecule is CC(C)Oc1ccccc1NC(=S)NC(=O)c1ccc([N+](=O)[O-])cc1. The fraction of sp³-hybridized carbons (Fsp3) is 0.176. The number of hydrogen-bond donors (Lipinski definition) is 2. The van der Waals surface area contributed by atoms with Gasteiger partial charge < -0.3 is 10.1 Å². The van der Waals surface area contributed by atoms with Crippen molar-refractivity contribution in [2.24, 2.45) is 0 Å². The summed E-state index contributed by atoms with van der Waals surface area (Å²) in [4.78, 5) is 22.3. The number of benzene rings is 2. The van der Waals surface area contributed by atoms with Crippen LogP contribution in [0.25, 0.3) is 0 Å². The molecule has 0 aromatic heterocycles. The summed E-state index contributed by atoms with van der Waals surface area (Å²) in [5.41, 5.74) is 0.809. The molecule has 0 saturated heterocycles. The predicted octanol–water partition coefficient (Wildman–Crippen LogP) is 3.51. The maximum atomic E-state index is 12.1. The molecule has 2 rings (SSSR count). The molecular weight excluding hydrogens is 342 g/mol. The van der Waals surface area contributed by atoms with Gasteiger partial charge in [-0.15, -0.1) is 0 Å². The minimum absolute atomic E-state index is 0.00813. The molecule has 0 aliphatic heterocycles. The molecule has 1 amide bonds. The predicted molar refractivity (Wildman–Crippen MR) is 99.0 cm³/mol. The Morgan fingerprint density at radius 3 is 2.40 bits per heavy atom. The number of ether oxygens (including phenoxy) is 1. The van der Waals surface area contributed by atoms with Gasteiger partial charge in [0, 0.05) is 17.7 Å². The van der Waals surface area contributed by atoms with E-state index in [9.17, 15) is 14.9 Å². The van der Waals surface area contributed by atoms with Gasteiger partial charge in [-0.25, -0.2) is 0 Å². The molecule has 0 fully saturated rings. The van der Waals surface area contributed by atoms with Crippen LogP contribution in [0.4, 0.5) is 11.4 Å². The number of para-hydroxylation sites is 2. The van der Waals surface area contributed by atoms with E-state index in [1.807, 2.05) is 26.0 Å². The zero-order valence-electron chi connectivity index (χ0n) is 13.7. The van der Waals surface area contributed by atoms with Crippen LogP contribution < -0.4 is 15.4 Å². The summed E-state index contributed by atoms with van der Waals surface area (Å²) in [6.07, 6.45) is -0.00813. The molecule has 0 atom stereocenters. The molecule has 0 radical (unpaired) electrons. The highest BCUT2D eigenvalue weighted by atomic mass is 32.1. The van der Waals surface area contributed by atoms with Gasteiger partial charge in [-0.1, -0.05) is 12.1 Å². The highest BCUT2D eigenvalue weighted by Gasteiger charge is 2.12. The summed E-state index contributed by atoms with van der Waals surface area (Å²) in [6, 6.07) is 12.5. The molecule has 2 N–H and O–H groups in total. The lowest BCUT2D eigenvalue weighted by molar-refractivity contribution is -0.384. The normalized spacial score (nSPS) is 10.2. The van der Waals surface area contributed by atoms with Crippen molar-refractivity contribution in [3.05, 3.63) is 64.2 Å². The lowest BCUT2D eigenvalue weighted by Crippen LogP contribution is -2.34. The molecule has 0 spiro atoms. The van der Waals surface area contributed by atoms with Gasteiger partial charge in [0.05, 0.1) is 16.7 Å². The van der Waals surface area contributed by atoms with Gasteiger partial charge in [-0.2, -0.15) is 0 Å². The van der Waals surface area contributed by atoms with E-state index in [0.717, 1.165) is 0 Å². The number of carbonyl (C=O) groups is 1. The first-order chi connectivity index (χ1) is 11.9. The molecule has 2 aromatic rings. The number of nitrogens with one attached hydrogen (secondary N) is 2. The third-order valence-corrected chi connectivity index (χ3v) is 3.27. The smallest absolute Gasteiger partial charge is 0.269 e. The number of thiocarbonyl (C=S) groups is 1. The summed E-state index contributed by atoms with van der Waals surface area (Å²) >= 11 is 5.15. The Morgan fingerprint density at radius 1 is 1.16 bits per heavy atom. The van der Waals surface area contributed by atoms with Crippen molar-refractivity contribution in [2.45, 2.75) is 20.0 Å². The Kier molecular flexibility index (Phi) is 6.02. The molecule has 7 nitrogen and oxygen atoms in total. The zero-order valence-corrected chi connectivity index (χ0v) is 14.5. The second kappa shape index (κ2) is 8.20. The molecule has 8 heteroatoms. The minimum Gasteiger partial charge on any atom is -0.489 e. The van der Waals surface area contributed by atoms with Crippen LogP contribution in [0.1, 0.15) is 24.2 Å². The van der Waals surface area contributed by atoms with Crippen molar-refractivity contribution in [3.8, 4) is 5.75 Å². The second-order valence-electron chi connectivity index (χ2n) is 5.37. The zero-order chi connectivity index (χ0) is 18.4. The van der Waals surface area contributed by atoms with Crippen LogP contribution in [0.15, 0.2) is 48.5 Å². The monoisotopic (exact) mass is 359 g/mol. The van der Waals surface area contributed by atoms with Gasteiger partial charge in [0.2, 0.25) is 0 Å². The van der Waals surface area contributed by atoms with Crippen molar-refractivity contribution < 1.29 is 14.5 Å². The van der Waals surface area contributed by atoms with Gasteiger partial charge >= 0.3 is 0 Å². The van der Waals surface area contributed by atoms with Crippen LogP contribution in [0.5, 0.6) is 5.75 Å². The van der Waals surface area contributed by atoms with Gasteiger partial charge in [-0.3, -0.25) is 20.2 Å². The topological polar surface area (TPSA) is 93.5 Å². The molecule has 0 heterocycles. The number of nitrogens with zero attached hydrogens (tertiary/aromatic N) is 1. The Balaban J connectivity index is 2.02. The van der Waals surface area contributed by atoms with E-state index >= 15 is 0 Å². The van der Waals surface area contributed by atoms with Crippen LogP contribution in [0, 0.1) is 10.1 Å². The summed E-state index contributed by atoms with van der Waals surface area (Å²) < 4.78 is 5.67. The molecule has 0 aliphatic rings. The van der Waals surface area contributed by atoms with E-state index < -0.39 is 10.8 Å². The number of anilines is 1. The standard InChI is InChI=1S/C17H17N3O4S/c1-11(2)24-15-6-4-3-5-14(15)18-17(25)19-16(21)12-7-9-13(10-8-12)20(22)23/h3-11H,1-2H3,(H2,18,19,21,25). The van der Waals surface area contributed by atoms with Crippen molar-refractivity contribution in [3.63, 3.8) is 0 Å². The number of nitro groups is 1. The van der Waals surface area contributed by atoms with Crippen LogP contribution in [-0.2, 0) is 0 Å². The Bertz CT molecular complexity index is 791. The van der Waals surface area contributed by atoms with Crippen LogP contribution >= 0.6 is 12.2 Å². The molecule has 130 valence electrons. The fourth-order valence-corrected chi connectivity index (χ4v) is 2.19. The van der Waals surface area contributed by atoms with Crippen molar-refractivity contribution in [1.29, 1.82) is 0 Å². The highest BCUT2D eigenvalue weighted by Crippen LogP contribution is 2.24. The fourth-order valence-electron chi connectivity index (χ4n) is 1.99. The summed E-state index contributed by atoms with van der Waals surface area (Å²) in [6.45, 7) is 3.82. The Morgan fingerprint density at radius 2 is 1.80 bits per heavy atom. The lowest BCUT2D eigenvalue weighted by atomic mass is 10.2. The average molecular weight is 359 g/mol. The minimum atomic E-state index is -0.528. The lowest BCUT2D eigenvalue weighted by Gasteiger charge is -2.16. The largest absolute Gasteiger partial charge is 0.489 e. The van der Waals surface area contributed by atoms with Crippen LogP contribution in [0.3, 0.4) is 0 Å². The van der Waals surface area contributed by atoms with Crippen molar-refractivity contribution >= 4 is 34.6 Å². The van der Waals surface area contributed by atoms with Gasteiger partial charge in [0.1, 0.15) is 5.75 Å². The van der Waals surface area contributed by atoms with Crippen molar-refractivity contribution in [1.82, 2.24) is 5.32 Å². The molecular formula is C17H17N3O4S. The van der Waals surface area contributed by atoms with Crippen LogP contribution in [0.2, 0.25) is 0 Å². The van der Waals surface area contributed by atoms with Gasteiger partial charge in [-0.05, 0) is 50.3 Å². The van der Waals surface area contributed by atoms with Gasteiger partial charge in [0.25, 0.3) is 11.6 Å². The number of carbonyl (C=O) groups excluding carboxylic acids is 1. The number of hydrogen-bond acceptors (Lipinski definition) is 5. The first kappa shape index (κ1) is 18.3. The summed E-state index contributed by atoms with van der Waals surface area (Å²) in [5.74, 6) is 0.152. The molecule has 0 aliphatic carbocycles. The average Bonchev–Trinajstić information content (AvgIpc) is 2.56. The molecule has 0 bridgehead atoms. The molecule has 25 heavy (non-hydrogen) atoms. The van der Waals surface area contributed by atoms with E-state index in [1.54, 1.807) is 12.1 Å². The maximum absolute atomic E-state index is 12.1. The summed E-state index contributed by atoms with van der Waals surface area (Å²) in [7, 11) is 0. The quantitative estimate of drug-likeness (QED) is 0.482. The first-order valence-corrected chi connectivity index (χ1v) is 7.90. The summed E-state index contributed by atoms with van der Waals surface area (Å²) in [5, 5.41) is 16.2. The van der Waals surface area contributed by atoms with E-state index in [-0.39, 0.29) is 22.5 Å². The number of non-ortho nitro benzene ring substituents is 1. The third-order valence-electron chi connectivity index (χ3n) is 3.07. The Labute approximate surface area is 150 Å². The third kappa shape index (κ3) is 5.25. The molecule has 0 unspecified atom stereocenters. The highest BCUT2D eigenvalue weighted by molar-refractivity contribution is 7.80. The van der Waals surface area contributed by atoms with E-state index in [0.29, 0.717) is 11.4 Å². The van der Waals surface area contributed by atoms with E-state index in [2.05, 4.69) is 10.6 Å². The number of amides is 1. The van der Waals surface area contributed by atoms with Gasteiger partial charge in [0.15, 0.2) is 5.11 Å². The maximum Gasteiger partial charge on any atom is 0.269 e. The first-order valence-electron chi connectivity index (χ1n) is 7.49. The van der Waals surface area contributed by atoms with Crippen molar-refractivity contribution in [2.75, 3.05) is 5.32 Å². The number of nitro benzene ring substituents is 1. The Hall–Kier alpha value is -3.00. The number of rotatable bonds is 5. The van der Waals surface area contributed by atoms with Crippen LogP contribution in [-0.4, -0.2) is 22.0 Å². The molecule has 0 saturated carbocycles. The van der Waals surface area contributed by atoms with E-state index in [4.69, 9.17) is 17.0 Å². The molecule has 2 aromatic carbocycles.